The lowest BCUT2D eigenvalue weighted by atomic mass is 10.1. The first-order valence-electron chi connectivity index (χ1n) is 7.05. The van der Waals surface area contributed by atoms with Gasteiger partial charge in [0.2, 0.25) is 0 Å². The van der Waals surface area contributed by atoms with E-state index < -0.39 is 0 Å². The summed E-state index contributed by atoms with van der Waals surface area (Å²) in [5.74, 6) is 0. The maximum absolute atomic E-state index is 4.20. The monoisotopic (exact) mass is 280 g/mol. The Hall–Kier alpha value is -1.71. The molecule has 100 valence electrons. The maximum Gasteiger partial charge on any atom is 0.0352 e. The molecule has 2 nitrogen and oxygen atoms in total. The minimum atomic E-state index is 0.768. The van der Waals surface area contributed by atoms with Crippen molar-refractivity contribution in [3.05, 3.63) is 53.7 Å². The molecule has 0 amide bonds. The summed E-state index contributed by atoms with van der Waals surface area (Å²) < 4.78 is 0. The molecule has 4 rings (SSSR count). The summed E-state index contributed by atoms with van der Waals surface area (Å²) in [6, 6.07) is 13.8. The average molecular weight is 280 g/mol. The zero-order valence-electron chi connectivity index (χ0n) is 11.2. The van der Waals surface area contributed by atoms with E-state index in [2.05, 4.69) is 46.7 Å². The van der Waals surface area contributed by atoms with E-state index in [9.17, 15) is 0 Å². The normalized spacial score (nSPS) is 14.8. The lowest BCUT2D eigenvalue weighted by Crippen LogP contribution is -2.14. The highest BCUT2D eigenvalue weighted by Gasteiger charge is 2.20. The van der Waals surface area contributed by atoms with Gasteiger partial charge in [-0.3, -0.25) is 4.98 Å². The number of fused-ring (bicyclic) bond motifs is 1. The Bertz CT molecular complexity index is 738. The minimum Gasteiger partial charge on any atom is -0.309 e. The topological polar surface area (TPSA) is 24.9 Å². The predicted molar refractivity (Wildman–Crippen MR) is 84.9 cm³/mol. The highest BCUT2D eigenvalue weighted by Crippen LogP contribution is 2.33. The number of nitrogens with one attached hydrogen (secondary N) is 1. The molecule has 20 heavy (non-hydrogen) atoms. The van der Waals surface area contributed by atoms with E-state index in [1.54, 1.807) is 0 Å². The largest absolute Gasteiger partial charge is 0.309 e. The molecule has 0 bridgehead atoms. The van der Waals surface area contributed by atoms with Crippen LogP contribution in [-0.2, 0) is 6.54 Å². The second-order valence-corrected chi connectivity index (χ2v) is 6.49. The summed E-state index contributed by atoms with van der Waals surface area (Å²) in [5, 5.41) is 6.06. The van der Waals surface area contributed by atoms with Gasteiger partial charge in [-0.05, 0) is 42.0 Å². The lowest BCUT2D eigenvalue weighted by molar-refractivity contribution is 0.695. The highest BCUT2D eigenvalue weighted by atomic mass is 32.1. The van der Waals surface area contributed by atoms with Gasteiger partial charge in [-0.15, -0.1) is 11.3 Å². The number of aromatic nitrogens is 1. The Morgan fingerprint density at radius 2 is 2.10 bits per heavy atom. The molecule has 0 unspecified atom stereocenters. The quantitative estimate of drug-likeness (QED) is 0.774. The molecule has 1 aliphatic carbocycles. The molecule has 2 heterocycles. The van der Waals surface area contributed by atoms with Crippen LogP contribution in [-0.4, -0.2) is 11.0 Å². The number of hydrogen-bond acceptors (Lipinski definition) is 3. The fraction of sp³-hybridized carbons (Fsp3) is 0.235. The molecule has 1 aromatic carbocycles. The zero-order valence-corrected chi connectivity index (χ0v) is 12.0. The first-order valence-corrected chi connectivity index (χ1v) is 7.87. The van der Waals surface area contributed by atoms with Crippen LogP contribution in [0.1, 0.15) is 17.7 Å². The van der Waals surface area contributed by atoms with E-state index in [-0.39, 0.29) is 0 Å². The Morgan fingerprint density at radius 3 is 3.00 bits per heavy atom. The van der Waals surface area contributed by atoms with E-state index in [0.717, 1.165) is 12.6 Å². The second kappa shape index (κ2) is 5.00. The summed E-state index contributed by atoms with van der Waals surface area (Å²) in [4.78, 5) is 6.96. The van der Waals surface area contributed by atoms with Gasteiger partial charge in [-0.1, -0.05) is 18.2 Å². The van der Waals surface area contributed by atoms with Crippen molar-refractivity contribution >= 4 is 22.1 Å². The van der Waals surface area contributed by atoms with Crippen LogP contribution < -0.4 is 5.32 Å². The van der Waals surface area contributed by atoms with Gasteiger partial charge >= 0.3 is 0 Å². The van der Waals surface area contributed by atoms with Crippen molar-refractivity contribution in [3.8, 4) is 10.4 Å². The van der Waals surface area contributed by atoms with Crippen molar-refractivity contribution in [3.63, 3.8) is 0 Å². The molecule has 0 spiro atoms. The summed E-state index contributed by atoms with van der Waals surface area (Å²) in [5.41, 5.74) is 1.31. The second-order valence-electron chi connectivity index (χ2n) is 5.32. The molecule has 3 aromatic rings. The molecule has 0 radical (unpaired) electrons. The summed E-state index contributed by atoms with van der Waals surface area (Å²) >= 11 is 1.89. The Labute approximate surface area is 122 Å². The van der Waals surface area contributed by atoms with Crippen molar-refractivity contribution < 1.29 is 0 Å². The third-order valence-electron chi connectivity index (χ3n) is 3.75. The van der Waals surface area contributed by atoms with E-state index >= 15 is 0 Å². The zero-order chi connectivity index (χ0) is 13.4. The Morgan fingerprint density at radius 1 is 1.15 bits per heavy atom. The number of nitrogens with zero attached hydrogens (tertiary/aromatic N) is 1. The van der Waals surface area contributed by atoms with Gasteiger partial charge in [0.1, 0.15) is 0 Å². The molecule has 0 atom stereocenters. The van der Waals surface area contributed by atoms with Gasteiger partial charge < -0.3 is 5.32 Å². The molecule has 2 aromatic heterocycles. The first-order chi connectivity index (χ1) is 9.90. The third-order valence-corrected chi connectivity index (χ3v) is 4.87. The minimum absolute atomic E-state index is 0.768. The van der Waals surface area contributed by atoms with Crippen molar-refractivity contribution in [2.75, 3.05) is 0 Å². The van der Waals surface area contributed by atoms with Crippen LogP contribution in [0.2, 0.25) is 0 Å². The summed E-state index contributed by atoms with van der Waals surface area (Å²) in [6.45, 7) is 1.00. The predicted octanol–water partition coefficient (Wildman–Crippen LogP) is 4.22. The molecular formula is C17H16N2S. The molecule has 1 fully saturated rings. The van der Waals surface area contributed by atoms with Gasteiger partial charge in [0.25, 0.3) is 0 Å². The fourth-order valence-corrected chi connectivity index (χ4v) is 3.49. The number of pyridine rings is 1. The molecule has 0 saturated heterocycles. The van der Waals surface area contributed by atoms with E-state index in [1.807, 2.05) is 23.7 Å². The maximum atomic E-state index is 4.20. The van der Waals surface area contributed by atoms with Crippen molar-refractivity contribution in [1.82, 2.24) is 10.3 Å². The van der Waals surface area contributed by atoms with Gasteiger partial charge in [0.15, 0.2) is 0 Å². The molecular weight excluding hydrogens is 264 g/mol. The van der Waals surface area contributed by atoms with Crippen molar-refractivity contribution in [2.45, 2.75) is 25.4 Å². The van der Waals surface area contributed by atoms with Crippen molar-refractivity contribution in [1.29, 1.82) is 0 Å². The van der Waals surface area contributed by atoms with Gasteiger partial charge in [0, 0.05) is 40.1 Å². The number of hydrogen-bond donors (Lipinski definition) is 1. The number of rotatable bonds is 4. The molecule has 0 aliphatic heterocycles. The fourth-order valence-electron chi connectivity index (χ4n) is 2.49. The Kier molecular flexibility index (Phi) is 3.02. The van der Waals surface area contributed by atoms with Gasteiger partial charge in [0.05, 0.1) is 0 Å². The molecule has 3 heteroatoms. The van der Waals surface area contributed by atoms with Crippen LogP contribution in [0, 0.1) is 0 Å². The van der Waals surface area contributed by atoms with Crippen LogP contribution in [0.25, 0.3) is 21.2 Å². The SMILES string of the molecule is c1cc(-c2ccc(CNC3CC3)s2)c2ccncc2c1. The third kappa shape index (κ3) is 2.35. The smallest absolute Gasteiger partial charge is 0.0352 e. The number of benzene rings is 1. The van der Waals surface area contributed by atoms with Crippen LogP contribution in [0.15, 0.2) is 48.8 Å². The van der Waals surface area contributed by atoms with Crippen LogP contribution >= 0.6 is 11.3 Å². The number of thiophene rings is 1. The Balaban J connectivity index is 1.67. The molecule has 1 saturated carbocycles. The standard InChI is InChI=1S/C17H16N2S/c1-2-12-10-18-9-8-15(12)16(3-1)17-7-6-14(20-17)11-19-13-4-5-13/h1-3,6-10,13,19H,4-5,11H2. The van der Waals surface area contributed by atoms with Gasteiger partial charge in [-0.2, -0.15) is 0 Å². The van der Waals surface area contributed by atoms with Crippen LogP contribution in [0.5, 0.6) is 0 Å². The summed E-state index contributed by atoms with van der Waals surface area (Å²) in [6.07, 6.45) is 6.49. The van der Waals surface area contributed by atoms with Gasteiger partial charge in [-0.25, -0.2) is 0 Å². The average Bonchev–Trinajstić information content (AvgIpc) is 3.21. The van der Waals surface area contributed by atoms with E-state index in [4.69, 9.17) is 0 Å². The van der Waals surface area contributed by atoms with Crippen molar-refractivity contribution in [2.24, 2.45) is 0 Å². The molecule has 1 N–H and O–H groups in total. The summed E-state index contributed by atoms with van der Waals surface area (Å²) in [7, 11) is 0. The van der Waals surface area contributed by atoms with Crippen LogP contribution in [0.4, 0.5) is 0 Å². The van der Waals surface area contributed by atoms with E-state index in [0.29, 0.717) is 0 Å². The lowest BCUT2D eigenvalue weighted by Gasteiger charge is -2.03. The van der Waals surface area contributed by atoms with Crippen LogP contribution in [0.3, 0.4) is 0 Å². The van der Waals surface area contributed by atoms with E-state index in [1.165, 1.54) is 38.9 Å². The first kappa shape index (κ1) is 12.1. The molecule has 1 aliphatic rings. The highest BCUT2D eigenvalue weighted by molar-refractivity contribution is 7.15.